The van der Waals surface area contributed by atoms with E-state index in [0.717, 1.165) is 45.9 Å². The number of nitrogens with zero attached hydrogens (tertiary/aromatic N) is 2. The van der Waals surface area contributed by atoms with Crippen LogP contribution in [0.1, 0.15) is 32.0 Å². The molecule has 2 N–H and O–H groups in total. The predicted molar refractivity (Wildman–Crippen MR) is 156 cm³/mol. The Morgan fingerprint density at radius 2 is 1.64 bits per heavy atom. The van der Waals surface area contributed by atoms with Crippen LogP contribution in [0.2, 0.25) is 0 Å². The van der Waals surface area contributed by atoms with E-state index in [9.17, 15) is 22.8 Å². The molecule has 0 spiro atoms. The van der Waals surface area contributed by atoms with Gasteiger partial charge in [-0.3, -0.25) is 4.79 Å². The van der Waals surface area contributed by atoms with Gasteiger partial charge in [0.05, 0.1) is 17.3 Å². The quantitative estimate of drug-likeness (QED) is 0.0965. The number of H-pyrrole nitrogens is 1. The van der Waals surface area contributed by atoms with Gasteiger partial charge in [0.25, 0.3) is 5.91 Å². The van der Waals surface area contributed by atoms with Crippen LogP contribution in [0.5, 0.6) is 5.75 Å². The van der Waals surface area contributed by atoms with Crippen LogP contribution in [0.15, 0.2) is 102 Å². The monoisotopic (exact) mass is 570 g/mol. The fourth-order valence-corrected chi connectivity index (χ4v) is 4.41. The Morgan fingerprint density at radius 1 is 0.905 bits per heavy atom. The summed E-state index contributed by atoms with van der Waals surface area (Å²) in [7, 11) is 3.88. The average Bonchev–Trinajstić information content (AvgIpc) is 3.37. The third kappa shape index (κ3) is 6.02. The van der Waals surface area contributed by atoms with Gasteiger partial charge >= 0.3 is 12.1 Å². The van der Waals surface area contributed by atoms with E-state index >= 15 is 0 Å². The number of ether oxygens (including phenoxy) is 1. The lowest BCUT2D eigenvalue weighted by Gasteiger charge is -2.12. The number of nitrogens with one attached hydrogen (secondary N) is 2. The summed E-state index contributed by atoms with van der Waals surface area (Å²) in [6, 6.07) is 25.7. The van der Waals surface area contributed by atoms with Crippen molar-refractivity contribution >= 4 is 34.7 Å². The minimum Gasteiger partial charge on any atom is -0.422 e. The number of hydrogen-bond donors (Lipinski definition) is 2. The highest BCUT2D eigenvalue weighted by molar-refractivity contribution is 6.10. The first-order valence-corrected chi connectivity index (χ1v) is 12.8. The van der Waals surface area contributed by atoms with Crippen molar-refractivity contribution in [2.75, 3.05) is 19.0 Å². The number of rotatable bonds is 7. The SMILES string of the molecule is CN(C)c1ccc2[nH]c(C(=O)NN=Cc3ccccc3OC(=O)c3cccc(C(F)(F)F)c3)c(-c3ccccc3)c2c1. The molecule has 212 valence electrons. The number of halogens is 3. The van der Waals surface area contributed by atoms with Gasteiger partial charge in [-0.1, -0.05) is 48.5 Å². The molecule has 10 heteroatoms. The number of benzene rings is 4. The van der Waals surface area contributed by atoms with Gasteiger partial charge in [0.1, 0.15) is 11.4 Å². The number of aromatic amines is 1. The Labute approximate surface area is 239 Å². The molecule has 0 atom stereocenters. The Hall–Kier alpha value is -5.38. The number of carbonyl (C=O) groups excluding carboxylic acids is 2. The molecule has 0 radical (unpaired) electrons. The Balaban J connectivity index is 1.39. The zero-order valence-corrected chi connectivity index (χ0v) is 22.6. The molecule has 0 aliphatic heterocycles. The van der Waals surface area contributed by atoms with Crippen LogP contribution < -0.4 is 15.1 Å². The van der Waals surface area contributed by atoms with E-state index < -0.39 is 23.6 Å². The maximum absolute atomic E-state index is 13.3. The van der Waals surface area contributed by atoms with Gasteiger partial charge < -0.3 is 14.6 Å². The van der Waals surface area contributed by atoms with Crippen molar-refractivity contribution in [3.8, 4) is 16.9 Å². The molecule has 42 heavy (non-hydrogen) atoms. The number of carbonyl (C=O) groups is 2. The van der Waals surface area contributed by atoms with E-state index in [-0.39, 0.29) is 11.3 Å². The summed E-state index contributed by atoms with van der Waals surface area (Å²) in [6.45, 7) is 0. The maximum atomic E-state index is 13.3. The third-order valence-electron chi connectivity index (χ3n) is 6.51. The average molecular weight is 571 g/mol. The second-order valence-electron chi connectivity index (χ2n) is 9.57. The highest BCUT2D eigenvalue weighted by Crippen LogP contribution is 2.35. The fraction of sp³-hybridized carbons (Fsp3) is 0.0938. The van der Waals surface area contributed by atoms with Crippen molar-refractivity contribution in [2.45, 2.75) is 6.18 Å². The zero-order chi connectivity index (χ0) is 29.9. The molecule has 0 saturated heterocycles. The van der Waals surface area contributed by atoms with Crippen molar-refractivity contribution in [2.24, 2.45) is 5.10 Å². The lowest BCUT2D eigenvalue weighted by atomic mass is 10.0. The van der Waals surface area contributed by atoms with Crippen LogP contribution in [0.25, 0.3) is 22.0 Å². The number of hydrazone groups is 1. The van der Waals surface area contributed by atoms with E-state index in [2.05, 4.69) is 15.5 Å². The second-order valence-corrected chi connectivity index (χ2v) is 9.57. The van der Waals surface area contributed by atoms with Gasteiger partial charge in [-0.2, -0.15) is 18.3 Å². The normalized spacial score (nSPS) is 11.5. The molecule has 1 aromatic heterocycles. The number of aromatic nitrogens is 1. The number of fused-ring (bicyclic) bond motifs is 1. The van der Waals surface area contributed by atoms with E-state index in [1.54, 1.807) is 18.2 Å². The largest absolute Gasteiger partial charge is 0.422 e. The summed E-state index contributed by atoms with van der Waals surface area (Å²) < 4.78 is 44.6. The molecule has 7 nitrogen and oxygen atoms in total. The fourth-order valence-electron chi connectivity index (χ4n) is 4.41. The highest BCUT2D eigenvalue weighted by atomic mass is 19.4. The molecule has 0 aliphatic rings. The summed E-state index contributed by atoms with van der Waals surface area (Å²) in [6.07, 6.45) is -3.30. The molecule has 0 unspecified atom stereocenters. The summed E-state index contributed by atoms with van der Waals surface area (Å²) in [5.41, 5.74) is 5.26. The van der Waals surface area contributed by atoms with Crippen molar-refractivity contribution in [3.05, 3.63) is 119 Å². The molecule has 1 heterocycles. The van der Waals surface area contributed by atoms with Crippen LogP contribution in [-0.2, 0) is 6.18 Å². The highest BCUT2D eigenvalue weighted by Gasteiger charge is 2.31. The second kappa shape index (κ2) is 11.6. The molecular weight excluding hydrogens is 545 g/mol. The van der Waals surface area contributed by atoms with E-state index in [4.69, 9.17) is 4.74 Å². The van der Waals surface area contributed by atoms with Crippen LogP contribution in [0.4, 0.5) is 18.9 Å². The number of alkyl halides is 3. The molecule has 5 aromatic rings. The lowest BCUT2D eigenvalue weighted by Crippen LogP contribution is -2.19. The standard InChI is InChI=1S/C32H25F3N4O3/c1-39(2)24-15-16-26-25(18-24)28(20-9-4-3-5-10-20)29(37-26)30(40)38-36-19-22-11-6-7-14-27(22)42-31(41)21-12-8-13-23(17-21)32(33,34)35/h3-19,37H,1-2H3,(H,38,40). The van der Waals surface area contributed by atoms with Crippen molar-refractivity contribution < 1.29 is 27.5 Å². The number of para-hydroxylation sites is 1. The summed E-state index contributed by atoms with van der Waals surface area (Å²) in [5, 5.41) is 4.93. The summed E-state index contributed by atoms with van der Waals surface area (Å²) in [5.74, 6) is -1.40. The first kappa shape index (κ1) is 28.2. The molecule has 0 aliphatic carbocycles. The van der Waals surface area contributed by atoms with Gasteiger partial charge in [-0.05, 0) is 54.1 Å². The lowest BCUT2D eigenvalue weighted by molar-refractivity contribution is -0.137. The molecule has 0 fully saturated rings. The minimum absolute atomic E-state index is 0.0599. The Bertz CT molecular complexity index is 1790. The van der Waals surface area contributed by atoms with E-state index in [0.29, 0.717) is 11.3 Å². The molecular formula is C32H25F3N4O3. The zero-order valence-electron chi connectivity index (χ0n) is 22.6. The first-order chi connectivity index (χ1) is 20.1. The topological polar surface area (TPSA) is 86.8 Å². The number of hydrogen-bond acceptors (Lipinski definition) is 5. The summed E-state index contributed by atoms with van der Waals surface area (Å²) >= 11 is 0. The summed E-state index contributed by atoms with van der Waals surface area (Å²) in [4.78, 5) is 31.1. The number of anilines is 1. The third-order valence-corrected chi connectivity index (χ3v) is 6.51. The van der Waals surface area contributed by atoms with Crippen LogP contribution >= 0.6 is 0 Å². The Morgan fingerprint density at radius 3 is 2.38 bits per heavy atom. The molecule has 4 aromatic carbocycles. The Kier molecular flexibility index (Phi) is 7.79. The maximum Gasteiger partial charge on any atom is 0.416 e. The van der Waals surface area contributed by atoms with Gasteiger partial charge in [0, 0.05) is 41.8 Å². The van der Waals surface area contributed by atoms with Gasteiger partial charge in [0.15, 0.2) is 0 Å². The van der Waals surface area contributed by atoms with Gasteiger partial charge in [-0.25, -0.2) is 10.2 Å². The van der Waals surface area contributed by atoms with E-state index in [1.165, 1.54) is 18.3 Å². The van der Waals surface area contributed by atoms with Crippen molar-refractivity contribution in [1.29, 1.82) is 0 Å². The van der Waals surface area contributed by atoms with Gasteiger partial charge in [-0.15, -0.1) is 0 Å². The first-order valence-electron chi connectivity index (χ1n) is 12.8. The minimum atomic E-state index is -4.60. The molecule has 1 amide bonds. The van der Waals surface area contributed by atoms with E-state index in [1.807, 2.05) is 67.5 Å². The molecule has 0 bridgehead atoms. The number of esters is 1. The number of amides is 1. The predicted octanol–water partition coefficient (Wildman–Crippen LogP) is 6.90. The smallest absolute Gasteiger partial charge is 0.416 e. The van der Waals surface area contributed by atoms with Crippen LogP contribution in [0, 0.1) is 0 Å². The van der Waals surface area contributed by atoms with Crippen molar-refractivity contribution in [3.63, 3.8) is 0 Å². The van der Waals surface area contributed by atoms with Crippen molar-refractivity contribution in [1.82, 2.24) is 10.4 Å². The van der Waals surface area contributed by atoms with Crippen LogP contribution in [-0.4, -0.2) is 37.2 Å². The van der Waals surface area contributed by atoms with Crippen LogP contribution in [0.3, 0.4) is 0 Å². The van der Waals surface area contributed by atoms with Gasteiger partial charge in [0.2, 0.25) is 0 Å². The molecule has 0 saturated carbocycles. The molecule has 5 rings (SSSR count).